The quantitative estimate of drug-likeness (QED) is 0.684. The highest BCUT2D eigenvalue weighted by Gasteiger charge is 2.34. The minimum Gasteiger partial charge on any atom is -0.393 e. The second kappa shape index (κ2) is 4.90. The van der Waals surface area contributed by atoms with Gasteiger partial charge in [-0.15, -0.1) is 11.8 Å². The summed E-state index contributed by atoms with van der Waals surface area (Å²) in [6.07, 6.45) is 5.01. The molecule has 3 heterocycles. The molecule has 1 aromatic rings. The van der Waals surface area contributed by atoms with Gasteiger partial charge in [-0.05, 0) is 6.07 Å². The van der Waals surface area contributed by atoms with Gasteiger partial charge < -0.3 is 20.6 Å². The van der Waals surface area contributed by atoms with Gasteiger partial charge in [-0.1, -0.05) is 0 Å². The van der Waals surface area contributed by atoms with Gasteiger partial charge in [0.25, 0.3) is 0 Å². The zero-order chi connectivity index (χ0) is 13.4. The Bertz CT molecular complexity index is 550. The average Bonchev–Trinajstić information content (AvgIpc) is 3.08. The number of aromatic amines is 1. The smallest absolute Gasteiger partial charge is 0.185 e. The third kappa shape index (κ3) is 2.03. The van der Waals surface area contributed by atoms with Gasteiger partial charge in [0.15, 0.2) is 6.19 Å². The maximum absolute atomic E-state index is 9.14. The molecule has 3 atom stereocenters. The molecule has 0 aliphatic carbocycles. The third-order valence-electron chi connectivity index (χ3n) is 3.33. The number of nitrogens with one attached hydrogen (secondary N) is 1. The van der Waals surface area contributed by atoms with E-state index in [9.17, 15) is 0 Å². The summed E-state index contributed by atoms with van der Waals surface area (Å²) in [7, 11) is 0. The van der Waals surface area contributed by atoms with Crippen molar-refractivity contribution >= 4 is 17.3 Å². The molecule has 2 aliphatic rings. The predicted molar refractivity (Wildman–Crippen MR) is 71.4 cm³/mol. The number of H-pyrrole nitrogens is 1. The summed E-state index contributed by atoms with van der Waals surface area (Å²) in [6, 6.07) is 1.88. The molecule has 0 spiro atoms. The molecule has 100 valence electrons. The molecule has 1 unspecified atom stereocenters. The van der Waals surface area contributed by atoms with Gasteiger partial charge in [-0.2, -0.15) is 5.26 Å². The molecule has 6 nitrogen and oxygen atoms in total. The lowest BCUT2D eigenvalue weighted by molar-refractivity contribution is 0.0614. The molecule has 1 aromatic heterocycles. The summed E-state index contributed by atoms with van der Waals surface area (Å²) in [4.78, 5) is 4.58. The van der Waals surface area contributed by atoms with E-state index < -0.39 is 6.17 Å². The molecule has 3 rings (SSSR count). The van der Waals surface area contributed by atoms with E-state index in [-0.39, 0.29) is 18.1 Å². The van der Waals surface area contributed by atoms with Crippen molar-refractivity contribution in [2.75, 3.05) is 12.4 Å². The molecule has 7 heteroatoms. The highest BCUT2D eigenvalue weighted by molar-refractivity contribution is 8.00. The van der Waals surface area contributed by atoms with E-state index >= 15 is 0 Å². The number of hydrogen-bond acceptors (Lipinski definition) is 6. The zero-order valence-corrected chi connectivity index (χ0v) is 10.9. The predicted octanol–water partition coefficient (Wildman–Crippen LogP) is 0.560. The molecule has 0 radical (unpaired) electrons. The van der Waals surface area contributed by atoms with Crippen molar-refractivity contribution < 1.29 is 9.84 Å². The van der Waals surface area contributed by atoms with Crippen LogP contribution in [0.3, 0.4) is 0 Å². The first-order chi connectivity index (χ1) is 9.24. The average molecular weight is 278 g/mol. The number of aliphatic hydroxyl groups is 1. The van der Waals surface area contributed by atoms with Crippen LogP contribution in [0.4, 0.5) is 0 Å². The van der Waals surface area contributed by atoms with Gasteiger partial charge in [0.1, 0.15) is 11.6 Å². The van der Waals surface area contributed by atoms with Crippen LogP contribution in [0.2, 0.25) is 0 Å². The van der Waals surface area contributed by atoms with E-state index in [1.165, 1.54) is 4.90 Å². The van der Waals surface area contributed by atoms with E-state index in [1.807, 2.05) is 12.3 Å². The maximum Gasteiger partial charge on any atom is 0.185 e. The fraction of sp³-hybridized carbons (Fsp3) is 0.417. The fourth-order valence-electron chi connectivity index (χ4n) is 2.37. The number of fused-ring (bicyclic) bond motifs is 1. The summed E-state index contributed by atoms with van der Waals surface area (Å²) in [5.41, 5.74) is 8.53. The number of rotatable bonds is 2. The summed E-state index contributed by atoms with van der Waals surface area (Å²) in [5, 5.41) is 18.3. The van der Waals surface area contributed by atoms with Gasteiger partial charge in [0.2, 0.25) is 0 Å². The maximum atomic E-state index is 9.14. The summed E-state index contributed by atoms with van der Waals surface area (Å²) in [5.74, 6) is 0.754. The third-order valence-corrected chi connectivity index (χ3v) is 4.45. The van der Waals surface area contributed by atoms with Crippen molar-refractivity contribution in [3.8, 4) is 6.19 Å². The molecule has 2 aliphatic heterocycles. The molecule has 19 heavy (non-hydrogen) atoms. The highest BCUT2D eigenvalue weighted by Crippen LogP contribution is 2.38. The lowest BCUT2D eigenvalue weighted by Crippen LogP contribution is -2.32. The van der Waals surface area contributed by atoms with Crippen molar-refractivity contribution in [3.63, 3.8) is 0 Å². The Balaban J connectivity index is 1.94. The van der Waals surface area contributed by atoms with E-state index in [0.717, 1.165) is 22.6 Å². The van der Waals surface area contributed by atoms with Crippen molar-refractivity contribution in [2.45, 2.75) is 17.7 Å². The zero-order valence-electron chi connectivity index (χ0n) is 10.1. The molecule has 0 saturated carbocycles. The van der Waals surface area contributed by atoms with Crippen LogP contribution in [0.5, 0.6) is 0 Å². The lowest BCUT2D eigenvalue weighted by atomic mass is 9.99. The number of thioether (sulfide) groups is 1. The summed E-state index contributed by atoms with van der Waals surface area (Å²) < 4.78 is 5.75. The number of aromatic nitrogens is 1. The largest absolute Gasteiger partial charge is 0.393 e. The molecule has 4 N–H and O–H groups in total. The Kier molecular flexibility index (Phi) is 3.24. The number of aliphatic hydroxyl groups excluding tert-OH is 1. The number of nitrogens with zero attached hydrogens (tertiary/aromatic N) is 2. The Labute approximate surface area is 114 Å². The SMILES string of the molecule is N#CN1C=C([C@@H]2CS[C@@H](CO)O2)c2[nH]ccc2C1N. The van der Waals surface area contributed by atoms with Crippen molar-refractivity contribution in [1.82, 2.24) is 9.88 Å². The minimum atomic E-state index is -0.460. The second-order valence-electron chi connectivity index (χ2n) is 4.41. The van der Waals surface area contributed by atoms with Crippen LogP contribution < -0.4 is 5.73 Å². The Morgan fingerprint density at radius 2 is 2.53 bits per heavy atom. The Hall–Kier alpha value is -1.46. The fourth-order valence-corrected chi connectivity index (χ4v) is 3.34. The van der Waals surface area contributed by atoms with Crippen LogP contribution in [0.25, 0.3) is 5.57 Å². The molecule has 1 saturated heterocycles. The first-order valence-corrected chi connectivity index (χ1v) is 7.00. The van der Waals surface area contributed by atoms with Crippen LogP contribution in [0, 0.1) is 11.5 Å². The van der Waals surface area contributed by atoms with Crippen LogP contribution in [-0.2, 0) is 4.74 Å². The standard InChI is InChI=1S/C12H14N4O2S/c13-6-16-3-8(9-5-19-10(4-17)18-9)11-7(12(16)14)1-2-15-11/h1-3,9-10,12,15,17H,4-5,14H2/t9-,10-,12?/m0/s1. The topological polar surface area (TPSA) is 98.3 Å². The summed E-state index contributed by atoms with van der Waals surface area (Å²) in [6.45, 7) is -0.00644. The van der Waals surface area contributed by atoms with Crippen molar-refractivity contribution in [1.29, 1.82) is 5.26 Å². The first-order valence-electron chi connectivity index (χ1n) is 5.95. The monoisotopic (exact) mass is 278 g/mol. The molecule has 1 fully saturated rings. The summed E-state index contributed by atoms with van der Waals surface area (Å²) >= 11 is 1.57. The van der Waals surface area contributed by atoms with Crippen LogP contribution in [0.15, 0.2) is 18.5 Å². The van der Waals surface area contributed by atoms with Gasteiger partial charge in [-0.3, -0.25) is 4.90 Å². The van der Waals surface area contributed by atoms with Crippen molar-refractivity contribution in [3.05, 3.63) is 29.7 Å². The molecule has 0 amide bonds. The van der Waals surface area contributed by atoms with Gasteiger partial charge in [-0.25, -0.2) is 0 Å². The van der Waals surface area contributed by atoms with E-state index in [4.69, 9.17) is 20.8 Å². The Morgan fingerprint density at radius 1 is 1.68 bits per heavy atom. The van der Waals surface area contributed by atoms with E-state index in [1.54, 1.807) is 18.0 Å². The van der Waals surface area contributed by atoms with Crippen LogP contribution in [0.1, 0.15) is 17.4 Å². The molecule has 0 bridgehead atoms. The van der Waals surface area contributed by atoms with E-state index in [2.05, 4.69) is 11.2 Å². The minimum absolute atomic E-state index is 0.00644. The first kappa shape index (κ1) is 12.6. The number of hydrogen-bond donors (Lipinski definition) is 3. The van der Waals surface area contributed by atoms with Gasteiger partial charge in [0.05, 0.1) is 18.4 Å². The number of nitriles is 1. The highest BCUT2D eigenvalue weighted by atomic mass is 32.2. The normalized spacial score (nSPS) is 29.8. The molecular weight excluding hydrogens is 264 g/mol. The van der Waals surface area contributed by atoms with Crippen LogP contribution >= 0.6 is 11.8 Å². The second-order valence-corrected chi connectivity index (χ2v) is 5.61. The van der Waals surface area contributed by atoms with Crippen LogP contribution in [-0.4, -0.2) is 38.9 Å². The van der Waals surface area contributed by atoms with Crippen molar-refractivity contribution in [2.24, 2.45) is 5.73 Å². The number of nitrogens with two attached hydrogens (primary N) is 1. The van der Waals surface area contributed by atoms with Gasteiger partial charge in [0, 0.05) is 29.3 Å². The molecular formula is C12H14N4O2S. The lowest BCUT2D eigenvalue weighted by Gasteiger charge is -2.28. The van der Waals surface area contributed by atoms with E-state index in [0.29, 0.717) is 0 Å². The number of ether oxygens (including phenoxy) is 1. The molecule has 0 aromatic carbocycles. The van der Waals surface area contributed by atoms with Gasteiger partial charge >= 0.3 is 0 Å². The Morgan fingerprint density at radius 3 is 3.21 bits per heavy atom.